The van der Waals surface area contributed by atoms with E-state index in [1.54, 1.807) is 48.5 Å². The van der Waals surface area contributed by atoms with Crippen LogP contribution in [0, 0.1) is 5.92 Å². The lowest BCUT2D eigenvalue weighted by Crippen LogP contribution is -2.30. The molecule has 1 heterocycles. The molecule has 1 aliphatic heterocycles. The molecule has 1 fully saturated rings. The Labute approximate surface area is 133 Å². The zero-order chi connectivity index (χ0) is 16.4. The van der Waals surface area contributed by atoms with Crippen LogP contribution in [-0.4, -0.2) is 24.8 Å². The number of Topliss-reactive ketones (excluding diaryl/α,β-unsaturated/α-hetero) is 1. The first-order valence-corrected chi connectivity index (χ1v) is 7.20. The number of hydrogen-bond donors (Lipinski definition) is 0. The van der Waals surface area contributed by atoms with Gasteiger partial charge in [0.1, 0.15) is 5.92 Å². The van der Waals surface area contributed by atoms with E-state index in [0.29, 0.717) is 11.3 Å². The zero-order valence-corrected chi connectivity index (χ0v) is 12.5. The van der Waals surface area contributed by atoms with Crippen molar-refractivity contribution in [3.8, 4) is 0 Å². The Balaban J connectivity index is 2.15. The van der Waals surface area contributed by atoms with E-state index in [4.69, 9.17) is 4.74 Å². The minimum absolute atomic E-state index is 0.575. The summed E-state index contributed by atoms with van der Waals surface area (Å²) < 4.78 is 4.75. The third-order valence-electron chi connectivity index (χ3n) is 3.94. The van der Waals surface area contributed by atoms with Crippen molar-refractivity contribution >= 4 is 23.3 Å². The van der Waals surface area contributed by atoms with Crippen molar-refractivity contribution in [3.63, 3.8) is 0 Å². The number of para-hydroxylation sites is 1. The number of methoxy groups -OCH3 is 1. The molecule has 5 heteroatoms. The average Bonchev–Trinajstić information content (AvgIpc) is 2.87. The van der Waals surface area contributed by atoms with E-state index >= 15 is 0 Å². The number of amides is 1. The highest BCUT2D eigenvalue weighted by Crippen LogP contribution is 2.39. The maximum absolute atomic E-state index is 12.5. The summed E-state index contributed by atoms with van der Waals surface area (Å²) in [6, 6.07) is 17.2. The molecule has 1 amide bonds. The summed E-state index contributed by atoms with van der Waals surface area (Å²) in [7, 11) is 1.22. The number of carbonyl (C=O) groups is 3. The molecule has 1 aliphatic rings. The number of ether oxygens (including phenoxy) is 1. The van der Waals surface area contributed by atoms with Crippen LogP contribution in [0.5, 0.6) is 0 Å². The van der Waals surface area contributed by atoms with Crippen LogP contribution in [0.1, 0.15) is 11.6 Å². The SMILES string of the molecule is COC(=O)C1C(=O)C(=O)N(c2ccccc2)C1c1ccccc1. The molecule has 2 aromatic carbocycles. The monoisotopic (exact) mass is 309 g/mol. The van der Waals surface area contributed by atoms with Gasteiger partial charge in [-0.3, -0.25) is 19.3 Å². The summed E-state index contributed by atoms with van der Waals surface area (Å²) >= 11 is 0. The van der Waals surface area contributed by atoms with Gasteiger partial charge < -0.3 is 4.74 Å². The lowest BCUT2D eigenvalue weighted by Gasteiger charge is -2.26. The Bertz CT molecular complexity index is 742. The first-order valence-electron chi connectivity index (χ1n) is 7.20. The highest BCUT2D eigenvalue weighted by atomic mass is 16.5. The van der Waals surface area contributed by atoms with E-state index in [2.05, 4.69) is 0 Å². The number of carbonyl (C=O) groups excluding carboxylic acids is 3. The van der Waals surface area contributed by atoms with E-state index in [1.165, 1.54) is 12.0 Å². The van der Waals surface area contributed by atoms with Crippen LogP contribution in [0.3, 0.4) is 0 Å². The molecule has 0 aromatic heterocycles. The number of esters is 1. The summed E-state index contributed by atoms with van der Waals surface area (Å²) in [6.45, 7) is 0. The van der Waals surface area contributed by atoms with Gasteiger partial charge in [-0.25, -0.2) is 0 Å². The van der Waals surface area contributed by atoms with E-state index in [-0.39, 0.29) is 0 Å². The number of anilines is 1. The van der Waals surface area contributed by atoms with Crippen molar-refractivity contribution in [2.45, 2.75) is 6.04 Å². The van der Waals surface area contributed by atoms with Crippen LogP contribution in [0.25, 0.3) is 0 Å². The largest absolute Gasteiger partial charge is 0.468 e. The maximum Gasteiger partial charge on any atom is 0.319 e. The quantitative estimate of drug-likeness (QED) is 0.495. The Morgan fingerprint density at radius 3 is 2.09 bits per heavy atom. The fourth-order valence-electron chi connectivity index (χ4n) is 2.89. The van der Waals surface area contributed by atoms with Crippen LogP contribution in [0.2, 0.25) is 0 Å². The first kappa shape index (κ1) is 15.0. The van der Waals surface area contributed by atoms with Crippen molar-refractivity contribution in [2.75, 3.05) is 12.0 Å². The fraction of sp³-hybridized carbons (Fsp3) is 0.167. The molecule has 5 nitrogen and oxygen atoms in total. The average molecular weight is 309 g/mol. The normalized spacial score (nSPS) is 20.7. The van der Waals surface area contributed by atoms with Crippen LogP contribution in [0.15, 0.2) is 60.7 Å². The van der Waals surface area contributed by atoms with Crippen LogP contribution >= 0.6 is 0 Å². The summed E-state index contributed by atoms with van der Waals surface area (Å²) in [6.07, 6.45) is 0. The number of hydrogen-bond acceptors (Lipinski definition) is 4. The van der Waals surface area contributed by atoms with Crippen LogP contribution in [0.4, 0.5) is 5.69 Å². The van der Waals surface area contributed by atoms with Gasteiger partial charge in [0, 0.05) is 5.69 Å². The lowest BCUT2D eigenvalue weighted by atomic mass is 9.93. The summed E-state index contributed by atoms with van der Waals surface area (Å²) in [5, 5.41) is 0. The van der Waals surface area contributed by atoms with E-state index in [9.17, 15) is 14.4 Å². The molecule has 2 atom stereocenters. The molecule has 0 aliphatic carbocycles. The Hall–Kier alpha value is -2.95. The number of ketones is 1. The third-order valence-corrected chi connectivity index (χ3v) is 3.94. The highest BCUT2D eigenvalue weighted by Gasteiger charge is 2.52. The van der Waals surface area contributed by atoms with Crippen molar-refractivity contribution in [3.05, 3.63) is 66.2 Å². The maximum atomic E-state index is 12.5. The molecular formula is C18H15NO4. The molecule has 0 spiro atoms. The summed E-state index contributed by atoms with van der Waals surface area (Å²) in [5.74, 6) is -3.29. The highest BCUT2D eigenvalue weighted by molar-refractivity contribution is 6.47. The van der Waals surface area contributed by atoms with Gasteiger partial charge in [-0.2, -0.15) is 0 Å². The van der Waals surface area contributed by atoms with E-state index < -0.39 is 29.6 Å². The second kappa shape index (κ2) is 6.04. The predicted octanol–water partition coefficient (Wildman–Crippen LogP) is 2.13. The minimum Gasteiger partial charge on any atom is -0.468 e. The van der Waals surface area contributed by atoms with Gasteiger partial charge in [-0.1, -0.05) is 48.5 Å². The molecule has 2 aromatic rings. The number of nitrogens with zero attached hydrogens (tertiary/aromatic N) is 1. The van der Waals surface area contributed by atoms with E-state index in [0.717, 1.165) is 0 Å². The molecule has 2 unspecified atom stereocenters. The second-order valence-corrected chi connectivity index (χ2v) is 5.23. The van der Waals surface area contributed by atoms with E-state index in [1.807, 2.05) is 12.1 Å². The van der Waals surface area contributed by atoms with Crippen molar-refractivity contribution in [2.24, 2.45) is 5.92 Å². The Kier molecular flexibility index (Phi) is 3.93. The van der Waals surface area contributed by atoms with Gasteiger partial charge in [0.15, 0.2) is 0 Å². The van der Waals surface area contributed by atoms with Gasteiger partial charge in [0.25, 0.3) is 5.91 Å². The lowest BCUT2D eigenvalue weighted by molar-refractivity contribution is -0.150. The number of benzene rings is 2. The minimum atomic E-state index is -1.16. The van der Waals surface area contributed by atoms with Gasteiger partial charge in [0.05, 0.1) is 13.2 Å². The van der Waals surface area contributed by atoms with Gasteiger partial charge in [-0.05, 0) is 17.7 Å². The Morgan fingerprint density at radius 2 is 1.52 bits per heavy atom. The van der Waals surface area contributed by atoms with Crippen molar-refractivity contribution in [1.29, 1.82) is 0 Å². The van der Waals surface area contributed by atoms with Crippen LogP contribution < -0.4 is 4.90 Å². The summed E-state index contributed by atoms with van der Waals surface area (Å²) in [4.78, 5) is 38.4. The van der Waals surface area contributed by atoms with Gasteiger partial charge in [0.2, 0.25) is 5.78 Å². The number of rotatable bonds is 3. The van der Waals surface area contributed by atoms with Crippen molar-refractivity contribution < 1.29 is 19.1 Å². The first-order chi connectivity index (χ1) is 11.1. The topological polar surface area (TPSA) is 63.7 Å². The van der Waals surface area contributed by atoms with Gasteiger partial charge in [-0.15, -0.1) is 0 Å². The molecule has 116 valence electrons. The molecular weight excluding hydrogens is 294 g/mol. The standard InChI is InChI=1S/C18H15NO4/c1-23-18(22)14-15(12-8-4-2-5-9-12)19(17(21)16(14)20)13-10-6-3-7-11-13/h2-11,14-15H,1H3. The summed E-state index contributed by atoms with van der Waals surface area (Å²) in [5.41, 5.74) is 1.29. The fourth-order valence-corrected chi connectivity index (χ4v) is 2.89. The third kappa shape index (κ3) is 2.50. The smallest absolute Gasteiger partial charge is 0.319 e. The van der Waals surface area contributed by atoms with Crippen molar-refractivity contribution in [1.82, 2.24) is 0 Å². The molecule has 0 N–H and O–H groups in total. The molecule has 0 radical (unpaired) electrons. The van der Waals surface area contributed by atoms with Gasteiger partial charge >= 0.3 is 5.97 Å². The zero-order valence-electron chi connectivity index (χ0n) is 12.5. The molecule has 23 heavy (non-hydrogen) atoms. The second-order valence-electron chi connectivity index (χ2n) is 5.23. The molecule has 0 saturated carbocycles. The molecule has 3 rings (SSSR count). The predicted molar refractivity (Wildman–Crippen MR) is 83.6 cm³/mol. The van der Waals surface area contributed by atoms with Crippen LogP contribution in [-0.2, 0) is 19.1 Å². The Morgan fingerprint density at radius 1 is 0.957 bits per heavy atom. The molecule has 1 saturated heterocycles. The molecule has 0 bridgehead atoms.